The van der Waals surface area contributed by atoms with Crippen LogP contribution in [0.4, 0.5) is 0 Å². The molecule has 0 amide bonds. The fraction of sp³-hybridized carbons (Fsp3) is 0. The lowest BCUT2D eigenvalue weighted by Gasteiger charge is -2.13. The minimum Gasteiger partial charge on any atom is -0.434 e. The fourth-order valence-electron chi connectivity index (χ4n) is 8.49. The Hall–Kier alpha value is -9.48. The van der Waals surface area contributed by atoms with E-state index in [2.05, 4.69) is 53.5 Å². The minimum atomic E-state index is 0.375. The average Bonchev–Trinajstić information content (AvgIpc) is 3.85. The highest BCUT2D eigenvalue weighted by atomic mass is 16.3. The van der Waals surface area contributed by atoms with Gasteiger partial charge in [-0.25, -0.2) is 24.9 Å². The van der Waals surface area contributed by atoms with Gasteiger partial charge in [-0.2, -0.15) is 4.98 Å². The molecule has 0 bridgehead atoms. The van der Waals surface area contributed by atoms with Gasteiger partial charge in [0.15, 0.2) is 22.9 Å². The molecule has 8 aromatic heterocycles. The van der Waals surface area contributed by atoms with Crippen molar-refractivity contribution in [3.05, 3.63) is 195 Å². The molecule has 0 aliphatic heterocycles. The molecule has 67 heavy (non-hydrogen) atoms. The van der Waals surface area contributed by atoms with Crippen LogP contribution in [0, 0.1) is 0 Å². The van der Waals surface area contributed by atoms with Crippen LogP contribution in [0.1, 0.15) is 0 Å². The van der Waals surface area contributed by atoms with Crippen LogP contribution in [0.15, 0.2) is 199 Å². The van der Waals surface area contributed by atoms with Crippen LogP contribution in [-0.4, -0.2) is 49.8 Å². The van der Waals surface area contributed by atoms with Gasteiger partial charge in [-0.3, -0.25) is 19.9 Å². The molecular weight excluding hydrogens is 829 g/mol. The highest BCUT2D eigenvalue weighted by Crippen LogP contribution is 2.37. The second-order valence-corrected chi connectivity index (χ2v) is 16.2. The predicted octanol–water partition coefficient (Wildman–Crippen LogP) is 12.7. The molecule has 5 aromatic carbocycles. The SMILES string of the molecule is c1ccc2ncc(-c3cc(-c4cnc5ccccc5c4)nc(-c4cc(-c5nc(-c6cnc7ccccc7c6)cc(-c6cnc7ccccc7c6)n5)cc(-c5nc6ncccc6o5)c4)n3)cc2c1. The standard InChI is InChI=1S/C56H32N10O/c1-5-14-44-33(10-1)20-40(29-58-44)48-27-49(41-21-34-11-2-6-15-45(34)59-30-41)63-53(62-48)37-24-38(26-39(25-37)56-66-55-52(67-56)18-9-19-57-55)54-64-50(42-22-35-12-3-7-16-46(35)60-31-42)28-51(65-54)43-23-36-13-4-8-17-47(36)61-32-43/h1-32H. The Labute approximate surface area is 381 Å². The summed E-state index contributed by atoms with van der Waals surface area (Å²) in [5, 5.41) is 4.00. The molecule has 0 saturated heterocycles. The molecule has 0 unspecified atom stereocenters. The van der Waals surface area contributed by atoms with Gasteiger partial charge in [0.1, 0.15) is 0 Å². The summed E-state index contributed by atoms with van der Waals surface area (Å²) in [6.07, 6.45) is 9.12. The van der Waals surface area contributed by atoms with Crippen molar-refractivity contribution in [2.75, 3.05) is 0 Å². The molecule has 0 aliphatic rings. The summed E-state index contributed by atoms with van der Waals surface area (Å²) in [5.41, 5.74) is 12.8. The van der Waals surface area contributed by atoms with Crippen molar-refractivity contribution < 1.29 is 4.42 Å². The zero-order valence-corrected chi connectivity index (χ0v) is 35.4. The van der Waals surface area contributed by atoms with E-state index in [1.165, 1.54) is 0 Å². The number of aromatic nitrogens is 10. The number of para-hydroxylation sites is 4. The van der Waals surface area contributed by atoms with Crippen molar-refractivity contribution in [1.82, 2.24) is 49.8 Å². The Morgan fingerprint density at radius 2 is 0.672 bits per heavy atom. The van der Waals surface area contributed by atoms with Crippen LogP contribution in [0.3, 0.4) is 0 Å². The highest BCUT2D eigenvalue weighted by Gasteiger charge is 2.20. The van der Waals surface area contributed by atoms with E-state index < -0.39 is 0 Å². The Bertz CT molecular complexity index is 3640. The number of rotatable bonds is 7. The molecule has 0 fully saturated rings. The Balaban J connectivity index is 1.05. The van der Waals surface area contributed by atoms with E-state index in [1.54, 1.807) is 6.20 Å². The maximum absolute atomic E-state index is 6.38. The first kappa shape index (κ1) is 38.0. The third kappa shape index (κ3) is 7.13. The third-order valence-corrected chi connectivity index (χ3v) is 11.9. The quantitative estimate of drug-likeness (QED) is 0.151. The molecule has 0 radical (unpaired) electrons. The maximum Gasteiger partial charge on any atom is 0.228 e. The van der Waals surface area contributed by atoms with E-state index >= 15 is 0 Å². The first-order valence-corrected chi connectivity index (χ1v) is 21.7. The van der Waals surface area contributed by atoms with Crippen LogP contribution in [0.2, 0.25) is 0 Å². The lowest BCUT2D eigenvalue weighted by atomic mass is 10.0. The summed E-state index contributed by atoms with van der Waals surface area (Å²) < 4.78 is 6.38. The van der Waals surface area contributed by atoms with Gasteiger partial charge >= 0.3 is 0 Å². The molecular formula is C56H32N10O. The summed E-state index contributed by atoms with van der Waals surface area (Å²) >= 11 is 0. The fourth-order valence-corrected chi connectivity index (χ4v) is 8.49. The van der Waals surface area contributed by atoms with Crippen LogP contribution < -0.4 is 0 Å². The molecule has 0 N–H and O–H groups in total. The molecule has 312 valence electrons. The third-order valence-electron chi connectivity index (χ3n) is 11.9. The molecule has 0 saturated carbocycles. The first-order chi connectivity index (χ1) is 33.1. The highest BCUT2D eigenvalue weighted by molar-refractivity contribution is 5.89. The van der Waals surface area contributed by atoms with Gasteiger partial charge < -0.3 is 4.42 Å². The second kappa shape index (κ2) is 15.6. The lowest BCUT2D eigenvalue weighted by molar-refractivity contribution is 0.619. The number of oxazole rings is 1. The van der Waals surface area contributed by atoms with Gasteiger partial charge in [-0.1, -0.05) is 72.8 Å². The van der Waals surface area contributed by atoms with Crippen LogP contribution in [0.5, 0.6) is 0 Å². The summed E-state index contributed by atoms with van der Waals surface area (Å²) in [6, 6.07) is 54.3. The van der Waals surface area contributed by atoms with Crippen molar-refractivity contribution >= 4 is 54.8 Å². The minimum absolute atomic E-state index is 0.375. The molecule has 11 heteroatoms. The van der Waals surface area contributed by atoms with E-state index in [1.807, 2.05) is 140 Å². The number of hydrogen-bond acceptors (Lipinski definition) is 11. The summed E-state index contributed by atoms with van der Waals surface area (Å²) in [4.78, 5) is 49.6. The van der Waals surface area contributed by atoms with Crippen molar-refractivity contribution in [2.24, 2.45) is 0 Å². The van der Waals surface area contributed by atoms with Gasteiger partial charge in [0.2, 0.25) is 5.89 Å². The zero-order chi connectivity index (χ0) is 44.3. The van der Waals surface area contributed by atoms with Gasteiger partial charge in [0.25, 0.3) is 0 Å². The maximum atomic E-state index is 6.38. The number of nitrogens with zero attached hydrogens (tertiary/aromatic N) is 10. The number of fused-ring (bicyclic) bond motifs is 5. The van der Waals surface area contributed by atoms with Crippen molar-refractivity contribution in [3.63, 3.8) is 0 Å². The van der Waals surface area contributed by atoms with Crippen molar-refractivity contribution in [1.29, 1.82) is 0 Å². The van der Waals surface area contributed by atoms with Crippen LogP contribution >= 0.6 is 0 Å². The largest absolute Gasteiger partial charge is 0.434 e. The van der Waals surface area contributed by atoms with Gasteiger partial charge in [-0.05, 0) is 91.0 Å². The van der Waals surface area contributed by atoms with E-state index in [0.717, 1.165) is 65.9 Å². The van der Waals surface area contributed by atoms with Gasteiger partial charge in [0.05, 0.1) is 44.8 Å². The number of pyridine rings is 5. The second-order valence-electron chi connectivity index (χ2n) is 16.2. The van der Waals surface area contributed by atoms with Gasteiger partial charge in [-0.15, -0.1) is 0 Å². The summed E-state index contributed by atoms with van der Waals surface area (Å²) in [5.74, 6) is 1.29. The summed E-state index contributed by atoms with van der Waals surface area (Å²) in [7, 11) is 0. The average molecular weight is 861 g/mol. The summed E-state index contributed by atoms with van der Waals surface area (Å²) in [6.45, 7) is 0. The topological polar surface area (TPSA) is 142 Å². The normalized spacial score (nSPS) is 11.6. The Kier molecular flexibility index (Phi) is 8.88. The zero-order valence-electron chi connectivity index (χ0n) is 35.4. The molecule has 0 atom stereocenters. The first-order valence-electron chi connectivity index (χ1n) is 21.7. The van der Waals surface area contributed by atoms with E-state index in [4.69, 9.17) is 49.3 Å². The van der Waals surface area contributed by atoms with E-state index in [0.29, 0.717) is 68.2 Å². The van der Waals surface area contributed by atoms with Crippen LogP contribution in [-0.2, 0) is 0 Å². The molecule has 0 spiro atoms. The Morgan fingerprint density at radius 1 is 0.299 bits per heavy atom. The predicted molar refractivity (Wildman–Crippen MR) is 262 cm³/mol. The molecule has 13 rings (SSSR count). The van der Waals surface area contributed by atoms with Crippen molar-refractivity contribution in [3.8, 4) is 79.3 Å². The lowest BCUT2D eigenvalue weighted by Crippen LogP contribution is -2.00. The number of benzene rings is 5. The molecule has 0 aliphatic carbocycles. The smallest absolute Gasteiger partial charge is 0.228 e. The molecule has 13 aromatic rings. The van der Waals surface area contributed by atoms with E-state index in [-0.39, 0.29) is 0 Å². The molecule has 8 heterocycles. The van der Waals surface area contributed by atoms with E-state index in [9.17, 15) is 0 Å². The Morgan fingerprint density at radius 3 is 1.06 bits per heavy atom. The monoisotopic (exact) mass is 860 g/mol. The van der Waals surface area contributed by atoms with Gasteiger partial charge in [0, 0.05) is 91.5 Å². The molecule has 11 nitrogen and oxygen atoms in total. The van der Waals surface area contributed by atoms with Crippen LogP contribution in [0.25, 0.3) is 134 Å². The number of hydrogen-bond donors (Lipinski definition) is 0. The van der Waals surface area contributed by atoms with Crippen molar-refractivity contribution in [2.45, 2.75) is 0 Å².